The lowest BCUT2D eigenvalue weighted by molar-refractivity contribution is -0.458. The zero-order valence-corrected chi connectivity index (χ0v) is 22.2. The van der Waals surface area contributed by atoms with Crippen LogP contribution in [0.4, 0.5) is 0 Å². The minimum Gasteiger partial charge on any atom is -0.458 e. The molecule has 6 fully saturated rings. The van der Waals surface area contributed by atoms with Crippen molar-refractivity contribution >= 4 is 5.97 Å². The number of aliphatic hydroxyl groups is 3. The number of rotatable bonds is 1. The van der Waals surface area contributed by atoms with Gasteiger partial charge in [-0.05, 0) is 93.0 Å². The summed E-state index contributed by atoms with van der Waals surface area (Å²) in [5, 5.41) is 34.4. The number of aliphatic hydroxyl groups excluding tert-OH is 1. The second-order valence-corrected chi connectivity index (χ2v) is 13.8. The van der Waals surface area contributed by atoms with Gasteiger partial charge in [-0.15, -0.1) is 0 Å². The Labute approximate surface area is 218 Å². The molecule has 0 amide bonds. The Kier molecular flexibility index (Phi) is 5.41. The van der Waals surface area contributed by atoms with Crippen molar-refractivity contribution in [1.82, 2.24) is 0 Å². The van der Waals surface area contributed by atoms with Crippen LogP contribution in [0, 0.1) is 34.5 Å². The average molecular weight is 519 g/mol. The number of cyclic esters (lactones) is 1. The predicted molar refractivity (Wildman–Crippen MR) is 131 cm³/mol. The van der Waals surface area contributed by atoms with E-state index in [4.69, 9.17) is 18.9 Å². The Hall–Kier alpha value is -1.03. The second kappa shape index (κ2) is 8.01. The van der Waals surface area contributed by atoms with Crippen molar-refractivity contribution in [2.75, 3.05) is 6.61 Å². The molecular weight excluding hydrogens is 476 g/mol. The van der Waals surface area contributed by atoms with E-state index in [0.717, 1.165) is 56.9 Å². The molecule has 3 aliphatic heterocycles. The average Bonchev–Trinajstić information content (AvgIpc) is 3.37. The van der Waals surface area contributed by atoms with Crippen molar-refractivity contribution in [3.8, 4) is 0 Å². The molecule has 206 valence electrons. The van der Waals surface area contributed by atoms with Crippen LogP contribution in [-0.4, -0.2) is 70.0 Å². The third-order valence-corrected chi connectivity index (χ3v) is 12.3. The van der Waals surface area contributed by atoms with Gasteiger partial charge in [0.25, 0.3) is 0 Å². The first kappa shape index (κ1) is 25.0. The zero-order chi connectivity index (χ0) is 26.0. The molecule has 0 bridgehead atoms. The Morgan fingerprint density at radius 2 is 1.78 bits per heavy atom. The van der Waals surface area contributed by atoms with E-state index in [1.165, 1.54) is 0 Å². The van der Waals surface area contributed by atoms with Crippen molar-refractivity contribution in [1.29, 1.82) is 0 Å². The molecule has 0 aromatic heterocycles. The predicted octanol–water partition coefficient (Wildman–Crippen LogP) is 2.82. The van der Waals surface area contributed by atoms with Gasteiger partial charge in [-0.25, -0.2) is 4.79 Å². The first-order chi connectivity index (χ1) is 17.5. The number of hydrogen-bond donors (Lipinski definition) is 3. The van der Waals surface area contributed by atoms with Crippen LogP contribution in [-0.2, 0) is 23.7 Å². The van der Waals surface area contributed by atoms with Gasteiger partial charge in [0.2, 0.25) is 12.1 Å². The van der Waals surface area contributed by atoms with Crippen LogP contribution in [0.1, 0.15) is 78.6 Å². The van der Waals surface area contributed by atoms with E-state index in [1.807, 2.05) is 6.92 Å². The van der Waals surface area contributed by atoms with Gasteiger partial charge in [0.15, 0.2) is 0 Å². The van der Waals surface area contributed by atoms with Gasteiger partial charge in [-0.3, -0.25) is 0 Å². The van der Waals surface area contributed by atoms with Crippen molar-refractivity contribution in [2.24, 2.45) is 34.5 Å². The van der Waals surface area contributed by atoms with Crippen molar-refractivity contribution in [3.05, 3.63) is 11.6 Å². The molecule has 2 saturated heterocycles. The molecular formula is C29H42O8. The van der Waals surface area contributed by atoms with Gasteiger partial charge in [0.05, 0.1) is 23.9 Å². The van der Waals surface area contributed by atoms with Gasteiger partial charge < -0.3 is 34.3 Å². The maximum absolute atomic E-state index is 12.5. The van der Waals surface area contributed by atoms with E-state index in [1.54, 1.807) is 6.08 Å². The summed E-state index contributed by atoms with van der Waals surface area (Å²) >= 11 is 0. The van der Waals surface area contributed by atoms with Gasteiger partial charge in [0.1, 0.15) is 12.7 Å². The summed E-state index contributed by atoms with van der Waals surface area (Å²) in [6.07, 6.45) is 6.46. The van der Waals surface area contributed by atoms with Gasteiger partial charge in [-0.1, -0.05) is 13.8 Å². The molecule has 4 saturated carbocycles. The Morgan fingerprint density at radius 3 is 2.54 bits per heavy atom. The molecule has 3 N–H and O–H groups in total. The SMILES string of the molecule is C[C@@H]1C[C@H](O)[C@]2(O)O[C@@H]3C[C@@]4(C)[C@@H](CC[C@@H]5[C@@H]4CC[C@]4(C)[C@@H](C6=CC(=O)OC6)CC[C@]54O)C[C@H]3O[C@@H]2O1. The molecule has 13 atom stereocenters. The summed E-state index contributed by atoms with van der Waals surface area (Å²) in [6, 6.07) is 0. The lowest BCUT2D eigenvalue weighted by atomic mass is 9.43. The van der Waals surface area contributed by atoms with Crippen molar-refractivity contribution < 1.29 is 39.1 Å². The van der Waals surface area contributed by atoms with E-state index < -0.39 is 23.8 Å². The number of fused-ring (bicyclic) bond motifs is 7. The lowest BCUT2D eigenvalue weighted by Gasteiger charge is -2.65. The molecule has 8 heteroatoms. The fourth-order valence-electron chi connectivity index (χ4n) is 10.3. The maximum atomic E-state index is 12.5. The summed E-state index contributed by atoms with van der Waals surface area (Å²) in [5.41, 5.74) is -0.0261. The second-order valence-electron chi connectivity index (χ2n) is 13.8. The highest BCUT2D eigenvalue weighted by Gasteiger charge is 2.69. The molecule has 0 unspecified atom stereocenters. The fourth-order valence-corrected chi connectivity index (χ4v) is 10.3. The number of esters is 1. The van der Waals surface area contributed by atoms with Crippen molar-refractivity contribution in [3.63, 3.8) is 0 Å². The third kappa shape index (κ3) is 3.26. The Morgan fingerprint density at radius 1 is 0.973 bits per heavy atom. The fraction of sp³-hybridized carbons (Fsp3) is 0.897. The molecule has 37 heavy (non-hydrogen) atoms. The quantitative estimate of drug-likeness (QED) is 0.359. The standard InChI is InChI=1S/C29H42O8/c1-15-10-23(30)29(33)25(35-15)36-21-12-17-4-5-20-19(26(17,2)13-22(21)37-29)6-8-27(3)18(7-9-28(20,27)32)16-11-24(31)34-14-16/h11,15,17-23,25,30,32-33H,4-10,12-14H2,1-3H3/t15-,17+,18-,19+,20-,21-,22-,23+,25+,26+,27-,28+,29+/m1/s1. The van der Waals surface area contributed by atoms with Gasteiger partial charge >= 0.3 is 5.97 Å². The van der Waals surface area contributed by atoms with Crippen LogP contribution < -0.4 is 0 Å². The largest absolute Gasteiger partial charge is 0.458 e. The third-order valence-electron chi connectivity index (χ3n) is 12.3. The highest BCUT2D eigenvalue weighted by atomic mass is 16.8. The molecule has 7 aliphatic rings. The summed E-state index contributed by atoms with van der Waals surface area (Å²) in [4.78, 5) is 11.8. The molecule has 4 aliphatic carbocycles. The van der Waals surface area contributed by atoms with E-state index in [9.17, 15) is 20.1 Å². The Balaban J connectivity index is 1.16. The molecule has 0 radical (unpaired) electrons. The number of hydrogen-bond acceptors (Lipinski definition) is 8. The van der Waals surface area contributed by atoms with E-state index in [0.29, 0.717) is 24.9 Å². The van der Waals surface area contributed by atoms with Gasteiger partial charge in [0, 0.05) is 17.9 Å². The van der Waals surface area contributed by atoms with Crippen LogP contribution in [0.2, 0.25) is 0 Å². The first-order valence-electron chi connectivity index (χ1n) is 14.5. The van der Waals surface area contributed by atoms with Gasteiger partial charge in [-0.2, -0.15) is 0 Å². The highest BCUT2D eigenvalue weighted by molar-refractivity contribution is 5.85. The van der Waals surface area contributed by atoms with Crippen LogP contribution >= 0.6 is 0 Å². The molecule has 8 nitrogen and oxygen atoms in total. The van der Waals surface area contributed by atoms with Crippen LogP contribution in [0.3, 0.4) is 0 Å². The minimum absolute atomic E-state index is 0.0503. The number of carbonyl (C=O) groups is 1. The molecule has 0 aromatic rings. The topological polar surface area (TPSA) is 115 Å². The maximum Gasteiger partial charge on any atom is 0.331 e. The van der Waals surface area contributed by atoms with E-state index in [-0.39, 0.29) is 46.9 Å². The summed E-state index contributed by atoms with van der Waals surface area (Å²) < 4.78 is 23.7. The molecule has 0 spiro atoms. The molecule has 3 heterocycles. The van der Waals surface area contributed by atoms with Crippen LogP contribution in [0.25, 0.3) is 0 Å². The van der Waals surface area contributed by atoms with Crippen LogP contribution in [0.5, 0.6) is 0 Å². The summed E-state index contributed by atoms with van der Waals surface area (Å²) in [6.45, 7) is 6.85. The minimum atomic E-state index is -1.85. The highest BCUT2D eigenvalue weighted by Crippen LogP contribution is 2.70. The lowest BCUT2D eigenvalue weighted by Crippen LogP contribution is -2.70. The summed E-state index contributed by atoms with van der Waals surface area (Å²) in [7, 11) is 0. The number of ether oxygens (including phenoxy) is 4. The molecule has 0 aromatic carbocycles. The Bertz CT molecular complexity index is 1010. The first-order valence-corrected chi connectivity index (χ1v) is 14.5. The van der Waals surface area contributed by atoms with Crippen LogP contribution in [0.15, 0.2) is 11.6 Å². The van der Waals surface area contributed by atoms with Crippen molar-refractivity contribution in [2.45, 2.75) is 121 Å². The zero-order valence-electron chi connectivity index (χ0n) is 22.2. The smallest absolute Gasteiger partial charge is 0.331 e. The molecule has 7 rings (SSSR count). The number of carbonyl (C=O) groups excluding carboxylic acids is 1. The monoisotopic (exact) mass is 518 g/mol. The van der Waals surface area contributed by atoms with E-state index >= 15 is 0 Å². The summed E-state index contributed by atoms with van der Waals surface area (Å²) in [5.74, 6) is -0.928. The van der Waals surface area contributed by atoms with E-state index in [2.05, 4.69) is 13.8 Å². The normalized spacial score (nSPS) is 58.8.